The monoisotopic (exact) mass is 271 g/mol. The van der Waals surface area contributed by atoms with Gasteiger partial charge < -0.3 is 15.4 Å². The molecule has 1 heterocycles. The standard InChI is InChI=1S/C14H29N3O2/c1-12(2)16(3)11-14(18)17-8-5-13(6-9-17)19-10-4-7-15/h12-13H,4-11,15H2,1-3H3. The second-order valence-electron chi connectivity index (χ2n) is 5.60. The van der Waals surface area contributed by atoms with E-state index in [9.17, 15) is 4.79 Å². The number of amides is 1. The van der Waals surface area contributed by atoms with E-state index in [4.69, 9.17) is 10.5 Å². The zero-order chi connectivity index (χ0) is 14.3. The highest BCUT2D eigenvalue weighted by molar-refractivity contribution is 5.78. The number of likely N-dealkylation sites (N-methyl/N-ethyl adjacent to an activating group) is 1. The summed E-state index contributed by atoms with van der Waals surface area (Å²) in [6, 6.07) is 0.404. The Morgan fingerprint density at radius 2 is 2.05 bits per heavy atom. The Morgan fingerprint density at radius 1 is 1.42 bits per heavy atom. The van der Waals surface area contributed by atoms with Crippen molar-refractivity contribution in [3.8, 4) is 0 Å². The SMILES string of the molecule is CC(C)N(C)CC(=O)N1CCC(OCCCN)CC1. The van der Waals surface area contributed by atoms with E-state index in [1.165, 1.54) is 0 Å². The van der Waals surface area contributed by atoms with Crippen LogP contribution in [0.2, 0.25) is 0 Å². The summed E-state index contributed by atoms with van der Waals surface area (Å²) in [5.41, 5.74) is 5.44. The summed E-state index contributed by atoms with van der Waals surface area (Å²) < 4.78 is 5.74. The van der Waals surface area contributed by atoms with Crippen molar-refractivity contribution in [3.63, 3.8) is 0 Å². The number of ether oxygens (including phenoxy) is 1. The first kappa shape index (κ1) is 16.4. The predicted octanol–water partition coefficient (Wildman–Crippen LogP) is 0.683. The Labute approximate surface area is 117 Å². The maximum Gasteiger partial charge on any atom is 0.236 e. The van der Waals surface area contributed by atoms with Gasteiger partial charge in [-0.2, -0.15) is 0 Å². The minimum atomic E-state index is 0.233. The Kier molecular flexibility index (Phi) is 7.34. The van der Waals surface area contributed by atoms with E-state index >= 15 is 0 Å². The van der Waals surface area contributed by atoms with Crippen LogP contribution in [-0.4, -0.2) is 67.7 Å². The molecule has 5 nitrogen and oxygen atoms in total. The van der Waals surface area contributed by atoms with Gasteiger partial charge in [0.1, 0.15) is 0 Å². The van der Waals surface area contributed by atoms with E-state index in [0.29, 0.717) is 25.2 Å². The van der Waals surface area contributed by atoms with Gasteiger partial charge in [0.25, 0.3) is 0 Å². The van der Waals surface area contributed by atoms with E-state index in [1.54, 1.807) is 0 Å². The molecule has 0 aliphatic carbocycles. The summed E-state index contributed by atoms with van der Waals surface area (Å²) in [6.45, 7) is 7.77. The summed E-state index contributed by atoms with van der Waals surface area (Å²) in [7, 11) is 1.99. The quantitative estimate of drug-likeness (QED) is 0.692. The number of piperidine rings is 1. The van der Waals surface area contributed by atoms with Gasteiger partial charge in [-0.15, -0.1) is 0 Å². The number of likely N-dealkylation sites (tertiary alicyclic amines) is 1. The number of hydrogen-bond donors (Lipinski definition) is 1. The van der Waals surface area contributed by atoms with Crippen molar-refractivity contribution < 1.29 is 9.53 Å². The molecule has 5 heteroatoms. The van der Waals surface area contributed by atoms with Crippen LogP contribution in [0.5, 0.6) is 0 Å². The smallest absolute Gasteiger partial charge is 0.236 e. The zero-order valence-electron chi connectivity index (χ0n) is 12.6. The topological polar surface area (TPSA) is 58.8 Å². The van der Waals surface area contributed by atoms with Crippen molar-refractivity contribution in [2.75, 3.05) is 39.8 Å². The molecule has 0 aromatic carbocycles. The molecular formula is C14H29N3O2. The summed E-state index contributed by atoms with van der Waals surface area (Å²) >= 11 is 0. The van der Waals surface area contributed by atoms with Gasteiger partial charge in [0.05, 0.1) is 12.6 Å². The van der Waals surface area contributed by atoms with E-state index in [1.807, 2.05) is 11.9 Å². The van der Waals surface area contributed by atoms with Crippen LogP contribution in [-0.2, 0) is 9.53 Å². The lowest BCUT2D eigenvalue weighted by molar-refractivity contribution is -0.135. The minimum absolute atomic E-state index is 0.233. The van der Waals surface area contributed by atoms with Crippen molar-refractivity contribution >= 4 is 5.91 Å². The fourth-order valence-corrected chi connectivity index (χ4v) is 2.10. The van der Waals surface area contributed by atoms with E-state index in [0.717, 1.165) is 39.0 Å². The number of rotatable bonds is 7. The molecule has 0 saturated carbocycles. The molecule has 19 heavy (non-hydrogen) atoms. The maximum absolute atomic E-state index is 12.1. The second kappa shape index (κ2) is 8.51. The van der Waals surface area contributed by atoms with Crippen molar-refractivity contribution in [2.24, 2.45) is 5.73 Å². The van der Waals surface area contributed by atoms with Crippen LogP contribution in [0.4, 0.5) is 0 Å². The fraction of sp³-hybridized carbons (Fsp3) is 0.929. The molecule has 1 amide bonds. The Morgan fingerprint density at radius 3 is 2.58 bits per heavy atom. The third-order valence-electron chi connectivity index (χ3n) is 3.76. The first-order valence-electron chi connectivity index (χ1n) is 7.34. The molecule has 1 aliphatic rings. The van der Waals surface area contributed by atoms with Crippen LogP contribution in [0, 0.1) is 0 Å². The van der Waals surface area contributed by atoms with Gasteiger partial charge in [-0.05, 0) is 46.7 Å². The molecule has 0 spiro atoms. The summed E-state index contributed by atoms with van der Waals surface area (Å²) in [6.07, 6.45) is 3.11. The molecule has 2 N–H and O–H groups in total. The predicted molar refractivity (Wildman–Crippen MR) is 77.0 cm³/mol. The first-order chi connectivity index (χ1) is 9.04. The molecule has 0 aromatic rings. The molecule has 1 saturated heterocycles. The minimum Gasteiger partial charge on any atom is -0.378 e. The van der Waals surface area contributed by atoms with Gasteiger partial charge in [0, 0.05) is 25.7 Å². The van der Waals surface area contributed by atoms with Gasteiger partial charge >= 0.3 is 0 Å². The summed E-state index contributed by atoms with van der Waals surface area (Å²) in [5.74, 6) is 0.233. The third kappa shape index (κ3) is 5.89. The lowest BCUT2D eigenvalue weighted by atomic mass is 10.1. The van der Waals surface area contributed by atoms with Crippen LogP contribution in [0.25, 0.3) is 0 Å². The maximum atomic E-state index is 12.1. The lowest BCUT2D eigenvalue weighted by Crippen LogP contribution is -2.46. The normalized spacial score (nSPS) is 17.5. The number of carbonyl (C=O) groups is 1. The lowest BCUT2D eigenvalue weighted by Gasteiger charge is -2.33. The zero-order valence-corrected chi connectivity index (χ0v) is 12.6. The molecule has 0 atom stereocenters. The van der Waals surface area contributed by atoms with Crippen LogP contribution in [0.1, 0.15) is 33.1 Å². The number of hydrogen-bond acceptors (Lipinski definition) is 4. The van der Waals surface area contributed by atoms with Gasteiger partial charge in [-0.1, -0.05) is 0 Å². The van der Waals surface area contributed by atoms with Crippen molar-refractivity contribution in [1.29, 1.82) is 0 Å². The number of nitrogens with zero attached hydrogens (tertiary/aromatic N) is 2. The molecule has 0 radical (unpaired) electrons. The highest BCUT2D eigenvalue weighted by atomic mass is 16.5. The Bertz CT molecular complexity index is 263. The van der Waals surface area contributed by atoms with Crippen LogP contribution in [0.3, 0.4) is 0 Å². The highest BCUT2D eigenvalue weighted by Gasteiger charge is 2.23. The fourth-order valence-electron chi connectivity index (χ4n) is 2.10. The van der Waals surface area contributed by atoms with Crippen molar-refractivity contribution in [1.82, 2.24) is 9.80 Å². The molecule has 0 aromatic heterocycles. The van der Waals surface area contributed by atoms with Crippen molar-refractivity contribution in [3.05, 3.63) is 0 Å². The Balaban J connectivity index is 2.23. The van der Waals surface area contributed by atoms with Gasteiger partial charge in [0.15, 0.2) is 0 Å². The largest absolute Gasteiger partial charge is 0.378 e. The van der Waals surface area contributed by atoms with Crippen LogP contribution >= 0.6 is 0 Å². The van der Waals surface area contributed by atoms with Crippen LogP contribution in [0.15, 0.2) is 0 Å². The third-order valence-corrected chi connectivity index (χ3v) is 3.76. The van der Waals surface area contributed by atoms with E-state index in [2.05, 4.69) is 18.7 Å². The molecule has 1 rings (SSSR count). The van der Waals surface area contributed by atoms with E-state index < -0.39 is 0 Å². The average Bonchev–Trinajstić information content (AvgIpc) is 2.39. The van der Waals surface area contributed by atoms with Gasteiger partial charge in [0.2, 0.25) is 5.91 Å². The molecule has 0 bridgehead atoms. The van der Waals surface area contributed by atoms with E-state index in [-0.39, 0.29) is 5.91 Å². The van der Waals surface area contributed by atoms with Gasteiger partial charge in [-0.25, -0.2) is 0 Å². The molecule has 112 valence electrons. The molecule has 1 aliphatic heterocycles. The molecule has 1 fully saturated rings. The number of carbonyl (C=O) groups excluding carboxylic acids is 1. The van der Waals surface area contributed by atoms with Crippen molar-refractivity contribution in [2.45, 2.75) is 45.3 Å². The highest BCUT2D eigenvalue weighted by Crippen LogP contribution is 2.14. The summed E-state index contributed by atoms with van der Waals surface area (Å²) in [4.78, 5) is 16.1. The van der Waals surface area contributed by atoms with Crippen LogP contribution < -0.4 is 5.73 Å². The second-order valence-corrected chi connectivity index (χ2v) is 5.60. The summed E-state index contributed by atoms with van der Waals surface area (Å²) in [5, 5.41) is 0. The average molecular weight is 271 g/mol. The number of nitrogens with two attached hydrogens (primary N) is 1. The molecule has 0 unspecified atom stereocenters. The first-order valence-corrected chi connectivity index (χ1v) is 7.34. The van der Waals surface area contributed by atoms with Gasteiger partial charge in [-0.3, -0.25) is 9.69 Å². The Hall–Kier alpha value is -0.650. The molecular weight excluding hydrogens is 242 g/mol.